The summed E-state index contributed by atoms with van der Waals surface area (Å²) in [5.74, 6) is -3.85. The first kappa shape index (κ1) is 34.1. The zero-order chi connectivity index (χ0) is 31.9. The molecule has 2 aliphatic heterocycles. The second-order valence-electron chi connectivity index (χ2n) is 9.99. The molecule has 3 heterocycles. The van der Waals surface area contributed by atoms with Gasteiger partial charge < -0.3 is 25.3 Å². The van der Waals surface area contributed by atoms with E-state index in [-0.39, 0.29) is 5.91 Å². The molecule has 0 atom stereocenters. The Morgan fingerprint density at radius 2 is 1.48 bits per heavy atom. The normalized spacial score (nSPS) is 16.0. The Kier molecular flexibility index (Phi) is 11.1. The molecule has 1 aromatic carbocycles. The summed E-state index contributed by atoms with van der Waals surface area (Å²) < 4.78 is 63.5. The number of piperidine rings is 1. The second kappa shape index (κ2) is 13.7. The highest BCUT2D eigenvalue weighted by molar-refractivity contribution is 6.08. The fourth-order valence-corrected chi connectivity index (χ4v) is 4.12. The van der Waals surface area contributed by atoms with Crippen LogP contribution in [0.5, 0.6) is 0 Å². The SMILES string of the molecule is Cc1ccc(N2CCC3(CC2)Nc2ccccc2N(CCC(C)C)C3=O)nn1.O=C(O)C(F)(F)F.O=C(O)C(F)(F)F. The molecule has 42 heavy (non-hydrogen) atoms. The molecule has 0 bridgehead atoms. The molecule has 1 aromatic heterocycles. The lowest BCUT2D eigenvalue weighted by molar-refractivity contribution is -0.193. The Hall–Kier alpha value is -4.11. The molecule has 2 aliphatic rings. The van der Waals surface area contributed by atoms with Crippen molar-refractivity contribution in [1.29, 1.82) is 0 Å². The lowest BCUT2D eigenvalue weighted by Gasteiger charge is -2.48. The maximum atomic E-state index is 13.6. The molecule has 0 unspecified atom stereocenters. The number of halogens is 6. The van der Waals surface area contributed by atoms with E-state index in [9.17, 15) is 31.1 Å². The fourth-order valence-electron chi connectivity index (χ4n) is 4.12. The molecule has 0 aliphatic carbocycles. The third-order valence-electron chi connectivity index (χ3n) is 6.36. The quantitative estimate of drug-likeness (QED) is 0.415. The summed E-state index contributed by atoms with van der Waals surface area (Å²) in [6.07, 6.45) is -7.65. The van der Waals surface area contributed by atoms with Gasteiger partial charge in [0.2, 0.25) is 0 Å². The van der Waals surface area contributed by atoms with E-state index < -0.39 is 29.8 Å². The highest BCUT2D eigenvalue weighted by Gasteiger charge is 2.47. The number of hydrogen-bond donors (Lipinski definition) is 3. The van der Waals surface area contributed by atoms with E-state index in [1.165, 1.54) is 0 Å². The van der Waals surface area contributed by atoms with Crippen LogP contribution in [0.25, 0.3) is 0 Å². The van der Waals surface area contributed by atoms with Crippen molar-refractivity contribution < 1.29 is 50.9 Å². The minimum absolute atomic E-state index is 0.210. The summed E-state index contributed by atoms with van der Waals surface area (Å²) in [5, 5.41) is 26.3. The van der Waals surface area contributed by atoms with Crippen LogP contribution >= 0.6 is 0 Å². The molecule has 1 amide bonds. The van der Waals surface area contributed by atoms with Gasteiger partial charge in [0.15, 0.2) is 5.82 Å². The van der Waals surface area contributed by atoms with Crippen LogP contribution in [-0.4, -0.2) is 75.8 Å². The van der Waals surface area contributed by atoms with E-state index >= 15 is 0 Å². The van der Waals surface area contributed by atoms with Gasteiger partial charge in [-0.25, -0.2) is 9.59 Å². The van der Waals surface area contributed by atoms with E-state index in [1.54, 1.807) is 0 Å². The molecular weight excluding hydrogens is 576 g/mol. The van der Waals surface area contributed by atoms with Crippen molar-refractivity contribution in [3.8, 4) is 0 Å². The van der Waals surface area contributed by atoms with Gasteiger partial charge in [0.25, 0.3) is 5.91 Å². The molecule has 4 rings (SSSR count). The number of aromatic nitrogens is 2. The van der Waals surface area contributed by atoms with Crippen LogP contribution in [0.3, 0.4) is 0 Å². The molecule has 2 aromatic rings. The van der Waals surface area contributed by atoms with Crippen LogP contribution in [-0.2, 0) is 14.4 Å². The van der Waals surface area contributed by atoms with Crippen molar-refractivity contribution in [1.82, 2.24) is 10.2 Å². The van der Waals surface area contributed by atoms with E-state index in [1.807, 2.05) is 42.2 Å². The van der Waals surface area contributed by atoms with Crippen molar-refractivity contribution in [3.05, 3.63) is 42.1 Å². The van der Waals surface area contributed by atoms with Gasteiger partial charge in [-0.2, -0.15) is 31.4 Å². The van der Waals surface area contributed by atoms with Crippen LogP contribution in [0.15, 0.2) is 36.4 Å². The first-order valence-electron chi connectivity index (χ1n) is 12.7. The van der Waals surface area contributed by atoms with Gasteiger partial charge in [-0.1, -0.05) is 26.0 Å². The van der Waals surface area contributed by atoms with E-state index in [4.69, 9.17) is 19.8 Å². The topological polar surface area (TPSA) is 136 Å². The van der Waals surface area contributed by atoms with Gasteiger partial charge in [0.1, 0.15) is 5.54 Å². The Labute approximate surface area is 237 Å². The molecule has 0 saturated carbocycles. The summed E-state index contributed by atoms with van der Waals surface area (Å²) in [4.78, 5) is 35.6. The van der Waals surface area contributed by atoms with Crippen LogP contribution in [0.1, 0.15) is 38.8 Å². The van der Waals surface area contributed by atoms with Crippen LogP contribution in [0.4, 0.5) is 43.5 Å². The number of amides is 1. The van der Waals surface area contributed by atoms with Crippen molar-refractivity contribution in [2.45, 2.75) is 57.9 Å². The number of carboxylic acid groups (broad SMARTS) is 2. The zero-order valence-corrected chi connectivity index (χ0v) is 23.0. The first-order chi connectivity index (χ1) is 19.4. The molecule has 1 fully saturated rings. The zero-order valence-electron chi connectivity index (χ0n) is 23.0. The standard InChI is InChI=1S/C22H29N5O.2C2HF3O2/c1-16(2)10-13-27-19-7-5-4-6-18(19)23-22(21(27)28)11-14-26(15-12-22)20-9-8-17(3)24-25-20;2*3-2(4,5)1(6)7/h4-9,16,23H,10-15H2,1-3H3;2*(H,6,7). The van der Waals surface area contributed by atoms with Gasteiger partial charge >= 0.3 is 24.3 Å². The van der Waals surface area contributed by atoms with Gasteiger partial charge in [-0.3, -0.25) is 4.79 Å². The molecule has 10 nitrogen and oxygen atoms in total. The summed E-state index contributed by atoms with van der Waals surface area (Å²) in [6, 6.07) is 12.2. The van der Waals surface area contributed by atoms with Crippen molar-refractivity contribution in [3.63, 3.8) is 0 Å². The minimum atomic E-state index is -5.08. The highest BCUT2D eigenvalue weighted by Crippen LogP contribution is 2.40. The Balaban J connectivity index is 0.000000367. The number of para-hydroxylation sites is 2. The van der Waals surface area contributed by atoms with Gasteiger partial charge in [0.05, 0.1) is 17.1 Å². The van der Waals surface area contributed by atoms with Crippen molar-refractivity contribution in [2.75, 3.05) is 34.8 Å². The van der Waals surface area contributed by atoms with Crippen molar-refractivity contribution >= 4 is 35.0 Å². The number of alkyl halides is 6. The Morgan fingerprint density at radius 3 is 1.93 bits per heavy atom. The first-order valence-corrected chi connectivity index (χ1v) is 12.7. The number of hydrogen-bond acceptors (Lipinski definition) is 7. The van der Waals surface area contributed by atoms with E-state index in [0.29, 0.717) is 5.92 Å². The predicted molar refractivity (Wildman–Crippen MR) is 140 cm³/mol. The third kappa shape index (κ3) is 9.21. The predicted octanol–water partition coefficient (Wildman–Crippen LogP) is 4.90. The summed E-state index contributed by atoms with van der Waals surface area (Å²) >= 11 is 0. The van der Waals surface area contributed by atoms with Crippen LogP contribution in [0, 0.1) is 12.8 Å². The number of nitrogens with zero attached hydrogens (tertiary/aromatic N) is 4. The largest absolute Gasteiger partial charge is 0.490 e. The van der Waals surface area contributed by atoms with Gasteiger partial charge in [-0.15, -0.1) is 5.10 Å². The van der Waals surface area contributed by atoms with Gasteiger partial charge in [-0.05, 0) is 56.4 Å². The lowest BCUT2D eigenvalue weighted by atomic mass is 9.83. The van der Waals surface area contributed by atoms with Gasteiger partial charge in [0, 0.05) is 19.6 Å². The number of carbonyl (C=O) groups is 3. The summed E-state index contributed by atoms with van der Waals surface area (Å²) in [7, 11) is 0. The van der Waals surface area contributed by atoms with Crippen LogP contribution in [0.2, 0.25) is 0 Å². The number of carbonyl (C=O) groups excluding carboxylic acids is 1. The van der Waals surface area contributed by atoms with E-state index in [2.05, 4.69) is 40.3 Å². The number of benzene rings is 1. The molecule has 1 saturated heterocycles. The average Bonchev–Trinajstić information content (AvgIpc) is 2.89. The Bertz CT molecular complexity index is 1210. The lowest BCUT2D eigenvalue weighted by Crippen LogP contribution is -2.62. The number of carboxylic acids is 2. The molecule has 3 N–H and O–H groups in total. The third-order valence-corrected chi connectivity index (χ3v) is 6.36. The maximum Gasteiger partial charge on any atom is 0.490 e. The smallest absolute Gasteiger partial charge is 0.475 e. The summed E-state index contributed by atoms with van der Waals surface area (Å²) in [6.45, 7) is 8.69. The fraction of sp³-hybridized carbons (Fsp3) is 0.500. The second-order valence-corrected chi connectivity index (χ2v) is 9.99. The average molecular weight is 608 g/mol. The molecule has 232 valence electrons. The number of nitrogens with one attached hydrogen (secondary N) is 1. The van der Waals surface area contributed by atoms with Crippen LogP contribution < -0.4 is 15.1 Å². The summed E-state index contributed by atoms with van der Waals surface area (Å²) in [5.41, 5.74) is 2.46. The number of anilines is 3. The number of fused-ring (bicyclic) bond motifs is 1. The highest BCUT2D eigenvalue weighted by atomic mass is 19.4. The van der Waals surface area contributed by atoms with E-state index in [0.717, 1.165) is 61.8 Å². The molecular formula is C26H31F6N5O5. The Morgan fingerprint density at radius 1 is 0.952 bits per heavy atom. The minimum Gasteiger partial charge on any atom is -0.475 e. The molecule has 1 spiro atoms. The molecule has 0 radical (unpaired) electrons. The molecule has 16 heteroatoms. The van der Waals surface area contributed by atoms with Crippen molar-refractivity contribution in [2.24, 2.45) is 5.92 Å². The maximum absolute atomic E-state index is 13.6. The number of aryl methyl sites for hydroxylation is 1. The monoisotopic (exact) mass is 607 g/mol. The number of rotatable bonds is 4. The number of aliphatic carboxylic acids is 2.